The number of halogens is 1. The average molecular weight is 294 g/mol. The van der Waals surface area contributed by atoms with Crippen LogP contribution in [0, 0.1) is 17.1 Å². The van der Waals surface area contributed by atoms with Crippen molar-refractivity contribution in [3.8, 4) is 23.1 Å². The molecular formula is C15H11FN6. The number of hydrogen-bond donors (Lipinski definition) is 0. The van der Waals surface area contributed by atoms with Gasteiger partial charge in [0.15, 0.2) is 11.5 Å². The van der Waals surface area contributed by atoms with Crippen LogP contribution in [-0.2, 0) is 13.0 Å². The van der Waals surface area contributed by atoms with Gasteiger partial charge >= 0.3 is 0 Å². The number of fused-ring (bicyclic) bond motifs is 5. The summed E-state index contributed by atoms with van der Waals surface area (Å²) in [5.74, 6) is 1.07. The van der Waals surface area contributed by atoms with Gasteiger partial charge in [0, 0.05) is 12.0 Å². The molecule has 1 aliphatic heterocycles. The van der Waals surface area contributed by atoms with Crippen LogP contribution in [0.5, 0.6) is 0 Å². The number of hydrogen-bond acceptors (Lipinski definition) is 4. The monoisotopic (exact) mass is 294 g/mol. The third-order valence-corrected chi connectivity index (χ3v) is 3.88. The number of nitrogens with zero attached hydrogens (tertiary/aromatic N) is 6. The van der Waals surface area contributed by atoms with Crippen LogP contribution in [0.3, 0.4) is 0 Å². The van der Waals surface area contributed by atoms with E-state index in [1.807, 2.05) is 16.1 Å². The largest absolute Gasteiger partial charge is 0.305 e. The molecule has 0 radical (unpaired) electrons. The van der Waals surface area contributed by atoms with Crippen LogP contribution >= 0.6 is 0 Å². The quantitative estimate of drug-likeness (QED) is 0.538. The lowest BCUT2D eigenvalue weighted by Gasteiger charge is -2.07. The second-order valence-corrected chi connectivity index (χ2v) is 5.06. The molecule has 0 saturated heterocycles. The Hall–Kier alpha value is -3.01. The Kier molecular flexibility index (Phi) is 2.60. The van der Waals surface area contributed by atoms with Gasteiger partial charge in [-0.2, -0.15) is 5.26 Å². The molecule has 0 spiro atoms. The molecule has 2 aromatic heterocycles. The number of aryl methyl sites for hydroxylation is 1. The summed E-state index contributed by atoms with van der Waals surface area (Å²) in [6, 6.07) is 6.61. The first-order valence-corrected chi connectivity index (χ1v) is 6.91. The fourth-order valence-corrected chi connectivity index (χ4v) is 2.84. The smallest absolute Gasteiger partial charge is 0.166 e. The predicted octanol–water partition coefficient (Wildman–Crippen LogP) is 2.07. The van der Waals surface area contributed by atoms with Gasteiger partial charge in [-0.3, -0.25) is 4.57 Å². The summed E-state index contributed by atoms with van der Waals surface area (Å²) in [7, 11) is 0. The minimum Gasteiger partial charge on any atom is -0.305 e. The second kappa shape index (κ2) is 4.49. The zero-order valence-electron chi connectivity index (χ0n) is 11.8. The van der Waals surface area contributed by atoms with Gasteiger partial charge in [0.25, 0.3) is 0 Å². The molecule has 6 nitrogen and oxygen atoms in total. The zero-order valence-corrected chi connectivity index (χ0v) is 11.8. The van der Waals surface area contributed by atoms with Crippen molar-refractivity contribution in [2.75, 3.05) is 0 Å². The molecule has 0 N–H and O–H groups in total. The molecule has 1 aromatic carbocycles. The highest BCUT2D eigenvalue weighted by Gasteiger charge is 2.25. The maximum atomic E-state index is 13.7. The molecule has 3 heterocycles. The Morgan fingerprint density at radius 1 is 1.36 bits per heavy atom. The molecule has 108 valence electrons. The molecule has 7 heteroatoms. The number of imidazole rings is 1. The van der Waals surface area contributed by atoms with Crippen molar-refractivity contribution in [1.82, 2.24) is 24.3 Å². The predicted molar refractivity (Wildman–Crippen MR) is 75.7 cm³/mol. The summed E-state index contributed by atoms with van der Waals surface area (Å²) in [6.45, 7) is 2.42. The molecule has 0 atom stereocenters. The molecule has 0 aliphatic carbocycles. The van der Waals surface area contributed by atoms with Gasteiger partial charge in [-0.05, 0) is 18.2 Å². The van der Waals surface area contributed by atoms with Crippen molar-refractivity contribution in [3.63, 3.8) is 0 Å². The molecule has 3 aromatic rings. The van der Waals surface area contributed by atoms with Crippen LogP contribution in [0.25, 0.3) is 17.1 Å². The maximum Gasteiger partial charge on any atom is 0.166 e. The van der Waals surface area contributed by atoms with E-state index in [2.05, 4.69) is 21.3 Å². The van der Waals surface area contributed by atoms with Crippen LogP contribution in [0.1, 0.15) is 24.1 Å². The van der Waals surface area contributed by atoms with E-state index in [0.717, 1.165) is 17.2 Å². The number of aromatic nitrogens is 5. The van der Waals surface area contributed by atoms with Gasteiger partial charge in [-0.25, -0.2) is 9.37 Å². The third kappa shape index (κ3) is 1.61. The van der Waals surface area contributed by atoms with E-state index < -0.39 is 0 Å². The van der Waals surface area contributed by atoms with E-state index in [1.54, 1.807) is 12.4 Å². The lowest BCUT2D eigenvalue weighted by atomic mass is 10.1. The zero-order chi connectivity index (χ0) is 15.3. The molecule has 0 unspecified atom stereocenters. The Bertz CT molecular complexity index is 930. The maximum absolute atomic E-state index is 13.7. The highest BCUT2D eigenvalue weighted by Crippen LogP contribution is 2.32. The Balaban J connectivity index is 2.11. The highest BCUT2D eigenvalue weighted by atomic mass is 19.1. The Labute approximate surface area is 125 Å². The minimum absolute atomic E-state index is 0.338. The fourth-order valence-electron chi connectivity index (χ4n) is 2.84. The SMILES string of the molecule is CCc1nnc2n1Cc1c(C#N)ncn1-c1ccc(F)cc1-2. The number of rotatable bonds is 1. The normalized spacial score (nSPS) is 12.0. The number of nitriles is 1. The molecule has 4 rings (SSSR count). The van der Waals surface area contributed by atoms with E-state index in [0.29, 0.717) is 30.0 Å². The number of benzene rings is 1. The summed E-state index contributed by atoms with van der Waals surface area (Å²) in [6.07, 6.45) is 2.30. The molecule has 1 aliphatic rings. The molecule has 0 bridgehead atoms. The van der Waals surface area contributed by atoms with Crippen LogP contribution in [-0.4, -0.2) is 24.3 Å². The van der Waals surface area contributed by atoms with E-state index in [1.165, 1.54) is 12.1 Å². The molecule has 0 saturated carbocycles. The fraction of sp³-hybridized carbons (Fsp3) is 0.200. The van der Waals surface area contributed by atoms with Gasteiger partial charge in [-0.1, -0.05) is 6.92 Å². The second-order valence-electron chi connectivity index (χ2n) is 5.06. The third-order valence-electron chi connectivity index (χ3n) is 3.88. The summed E-state index contributed by atoms with van der Waals surface area (Å²) in [5.41, 5.74) is 2.51. The summed E-state index contributed by atoms with van der Waals surface area (Å²) in [5, 5.41) is 17.7. The summed E-state index contributed by atoms with van der Waals surface area (Å²) < 4.78 is 17.5. The summed E-state index contributed by atoms with van der Waals surface area (Å²) >= 11 is 0. The van der Waals surface area contributed by atoms with E-state index in [4.69, 9.17) is 0 Å². The summed E-state index contributed by atoms with van der Waals surface area (Å²) in [4.78, 5) is 4.15. The van der Waals surface area contributed by atoms with Crippen molar-refractivity contribution in [2.45, 2.75) is 19.9 Å². The average Bonchev–Trinajstić information content (AvgIpc) is 3.09. The first-order chi connectivity index (χ1) is 10.7. The van der Waals surface area contributed by atoms with Crippen molar-refractivity contribution in [2.24, 2.45) is 0 Å². The van der Waals surface area contributed by atoms with Gasteiger partial charge in [0.05, 0.1) is 17.9 Å². The standard InChI is InChI=1S/C15H11FN6/c1-2-14-19-20-15-10-5-9(16)3-4-12(10)22-8-18-11(6-17)13(22)7-21(14)15/h3-5,8H,2,7H2,1H3. The first kappa shape index (κ1) is 12.7. The van der Waals surface area contributed by atoms with Crippen molar-refractivity contribution in [3.05, 3.63) is 47.6 Å². The molecule has 22 heavy (non-hydrogen) atoms. The Morgan fingerprint density at radius 2 is 2.23 bits per heavy atom. The van der Waals surface area contributed by atoms with Crippen LogP contribution in [0.2, 0.25) is 0 Å². The van der Waals surface area contributed by atoms with Crippen molar-refractivity contribution >= 4 is 0 Å². The van der Waals surface area contributed by atoms with Gasteiger partial charge < -0.3 is 4.57 Å². The van der Waals surface area contributed by atoms with Crippen LogP contribution < -0.4 is 0 Å². The minimum atomic E-state index is -0.338. The van der Waals surface area contributed by atoms with Crippen LogP contribution in [0.15, 0.2) is 24.5 Å². The molecular weight excluding hydrogens is 283 g/mol. The van der Waals surface area contributed by atoms with Crippen molar-refractivity contribution < 1.29 is 4.39 Å². The van der Waals surface area contributed by atoms with E-state index in [9.17, 15) is 9.65 Å². The van der Waals surface area contributed by atoms with E-state index in [-0.39, 0.29) is 5.82 Å². The lowest BCUT2D eigenvalue weighted by Crippen LogP contribution is -2.07. The van der Waals surface area contributed by atoms with Gasteiger partial charge in [-0.15, -0.1) is 10.2 Å². The van der Waals surface area contributed by atoms with Gasteiger partial charge in [0.2, 0.25) is 0 Å². The molecule has 0 fully saturated rings. The first-order valence-electron chi connectivity index (χ1n) is 6.91. The highest BCUT2D eigenvalue weighted by molar-refractivity contribution is 5.69. The lowest BCUT2D eigenvalue weighted by molar-refractivity contribution is 0.627. The van der Waals surface area contributed by atoms with E-state index >= 15 is 0 Å². The Morgan fingerprint density at radius 3 is 3.00 bits per heavy atom. The van der Waals surface area contributed by atoms with Crippen LogP contribution in [0.4, 0.5) is 4.39 Å². The van der Waals surface area contributed by atoms with Crippen molar-refractivity contribution in [1.29, 1.82) is 5.26 Å². The molecule has 0 amide bonds. The van der Waals surface area contributed by atoms with Gasteiger partial charge in [0.1, 0.15) is 24.0 Å². The topological polar surface area (TPSA) is 72.3 Å².